The minimum atomic E-state index is 0.171. The van der Waals surface area contributed by atoms with Gasteiger partial charge in [-0.15, -0.1) is 0 Å². The summed E-state index contributed by atoms with van der Waals surface area (Å²) in [5.41, 5.74) is 0. The van der Waals surface area contributed by atoms with Crippen LogP contribution in [0.1, 0.15) is 0 Å². The molecule has 0 spiro atoms. The Morgan fingerprint density at radius 1 is 1.23 bits per heavy atom. The van der Waals surface area contributed by atoms with E-state index in [1.54, 1.807) is 0 Å². The molecule has 0 aliphatic rings. The van der Waals surface area contributed by atoms with Crippen LogP contribution in [0.15, 0.2) is 30.3 Å². The van der Waals surface area contributed by atoms with E-state index >= 15 is 0 Å². The molecule has 0 fully saturated rings. The van der Waals surface area contributed by atoms with E-state index in [0.717, 1.165) is 14.3 Å². The zero-order valence-electron chi connectivity index (χ0n) is 6.59. The van der Waals surface area contributed by atoms with Crippen LogP contribution in [0, 0.1) is 3.57 Å². The second-order valence-corrected chi connectivity index (χ2v) is 4.28. The van der Waals surface area contributed by atoms with Gasteiger partial charge in [-0.1, -0.05) is 35.9 Å². The van der Waals surface area contributed by atoms with Crippen LogP contribution < -0.4 is 0 Å². The van der Waals surface area contributed by atoms with Crippen LogP contribution in [0.3, 0.4) is 0 Å². The first-order valence-electron chi connectivity index (χ1n) is 3.76. The van der Waals surface area contributed by atoms with Crippen molar-refractivity contribution in [1.29, 1.82) is 0 Å². The summed E-state index contributed by atoms with van der Waals surface area (Å²) in [7, 11) is 0. The number of hydrogen-bond donors (Lipinski definition) is 1. The van der Waals surface area contributed by atoms with Crippen molar-refractivity contribution < 1.29 is 5.11 Å². The van der Waals surface area contributed by atoms with E-state index in [2.05, 4.69) is 22.6 Å². The predicted octanol–water partition coefficient (Wildman–Crippen LogP) is 3.80. The second-order valence-electron chi connectivity index (χ2n) is 2.74. The normalized spacial score (nSPS) is 10.6. The van der Waals surface area contributed by atoms with Gasteiger partial charge in [-0.3, -0.25) is 0 Å². The van der Waals surface area contributed by atoms with Crippen molar-refractivity contribution in [2.24, 2.45) is 0 Å². The van der Waals surface area contributed by atoms with Gasteiger partial charge in [-0.2, -0.15) is 0 Å². The molecular weight excluding hydrogens is 298 g/mol. The molecule has 1 nitrogen and oxygen atoms in total. The number of aromatic hydroxyl groups is 1. The molecule has 66 valence electrons. The topological polar surface area (TPSA) is 20.2 Å². The maximum absolute atomic E-state index is 9.70. The molecule has 2 aromatic rings. The molecule has 0 amide bonds. The molecule has 0 radical (unpaired) electrons. The van der Waals surface area contributed by atoms with Gasteiger partial charge in [0.05, 0.1) is 5.02 Å². The number of phenolic OH excluding ortho intramolecular Hbond substituents is 1. The largest absolute Gasteiger partial charge is 0.506 e. The Bertz CT molecular complexity index is 468. The number of hydrogen-bond acceptors (Lipinski definition) is 1. The summed E-state index contributed by atoms with van der Waals surface area (Å²) >= 11 is 8.01. The molecule has 0 unspecified atom stereocenters. The number of benzene rings is 2. The first-order chi connectivity index (χ1) is 6.20. The fourth-order valence-electron chi connectivity index (χ4n) is 1.27. The molecule has 0 aromatic heterocycles. The molecule has 0 saturated carbocycles. The molecule has 13 heavy (non-hydrogen) atoms. The van der Waals surface area contributed by atoms with E-state index in [0.29, 0.717) is 5.02 Å². The third kappa shape index (κ3) is 1.48. The number of halogens is 2. The van der Waals surface area contributed by atoms with E-state index in [1.807, 2.05) is 30.3 Å². The lowest BCUT2D eigenvalue weighted by molar-refractivity contribution is 0.481. The Morgan fingerprint density at radius 3 is 2.69 bits per heavy atom. The monoisotopic (exact) mass is 304 g/mol. The van der Waals surface area contributed by atoms with Gasteiger partial charge in [0.2, 0.25) is 0 Å². The Balaban J connectivity index is 2.94. The van der Waals surface area contributed by atoms with E-state index in [4.69, 9.17) is 11.6 Å². The summed E-state index contributed by atoms with van der Waals surface area (Å²) in [6, 6.07) is 9.58. The van der Waals surface area contributed by atoms with Gasteiger partial charge in [0.15, 0.2) is 0 Å². The number of phenols is 1. The SMILES string of the molecule is Oc1c(Cl)c(I)cc2ccccc12. The highest BCUT2D eigenvalue weighted by molar-refractivity contribution is 14.1. The van der Waals surface area contributed by atoms with E-state index in [9.17, 15) is 5.11 Å². The molecule has 3 heteroatoms. The predicted molar refractivity (Wildman–Crippen MR) is 63.3 cm³/mol. The Hall–Kier alpha value is -0.480. The van der Waals surface area contributed by atoms with Crippen molar-refractivity contribution in [3.63, 3.8) is 0 Å². The zero-order valence-corrected chi connectivity index (χ0v) is 9.50. The van der Waals surface area contributed by atoms with E-state index in [1.165, 1.54) is 0 Å². The van der Waals surface area contributed by atoms with Gasteiger partial charge in [0.25, 0.3) is 0 Å². The molecule has 0 saturated heterocycles. The first kappa shape index (κ1) is 9.09. The minimum absolute atomic E-state index is 0.171. The molecule has 2 aromatic carbocycles. The molecule has 0 heterocycles. The standard InChI is InChI=1S/C10H6ClIO/c11-9-8(12)5-6-3-1-2-4-7(6)10(9)13/h1-5,13H. The zero-order chi connectivity index (χ0) is 9.42. The minimum Gasteiger partial charge on any atom is -0.506 e. The second kappa shape index (κ2) is 3.35. The number of fused-ring (bicyclic) bond motifs is 1. The third-order valence-corrected chi connectivity index (χ3v) is 3.47. The van der Waals surface area contributed by atoms with E-state index in [-0.39, 0.29) is 5.75 Å². The fourth-order valence-corrected chi connectivity index (χ4v) is 2.02. The highest BCUT2D eigenvalue weighted by Crippen LogP contribution is 2.35. The van der Waals surface area contributed by atoms with Crippen molar-refractivity contribution in [3.8, 4) is 5.75 Å². The van der Waals surface area contributed by atoms with Gasteiger partial charge in [0.1, 0.15) is 5.75 Å². The van der Waals surface area contributed by atoms with Gasteiger partial charge in [0, 0.05) is 8.96 Å². The maximum atomic E-state index is 9.70. The van der Waals surface area contributed by atoms with Crippen LogP contribution in [0.4, 0.5) is 0 Å². The molecule has 0 aliphatic heterocycles. The van der Waals surface area contributed by atoms with Crippen LogP contribution in [-0.2, 0) is 0 Å². The van der Waals surface area contributed by atoms with E-state index < -0.39 is 0 Å². The van der Waals surface area contributed by atoms with Crippen molar-refractivity contribution in [3.05, 3.63) is 38.9 Å². The Labute approximate surface area is 94.5 Å². The highest BCUT2D eigenvalue weighted by Gasteiger charge is 2.07. The van der Waals surface area contributed by atoms with Crippen molar-refractivity contribution in [1.82, 2.24) is 0 Å². The smallest absolute Gasteiger partial charge is 0.143 e. The molecule has 0 aliphatic carbocycles. The summed E-state index contributed by atoms with van der Waals surface area (Å²) in [5, 5.41) is 11.9. The average Bonchev–Trinajstić information content (AvgIpc) is 2.15. The summed E-state index contributed by atoms with van der Waals surface area (Å²) in [5.74, 6) is 0.171. The number of rotatable bonds is 0. The van der Waals surface area contributed by atoms with Gasteiger partial charge < -0.3 is 5.11 Å². The maximum Gasteiger partial charge on any atom is 0.143 e. The summed E-state index contributed by atoms with van der Waals surface area (Å²) < 4.78 is 0.871. The lowest BCUT2D eigenvalue weighted by atomic mass is 10.1. The summed E-state index contributed by atoms with van der Waals surface area (Å²) in [6.07, 6.45) is 0. The lowest BCUT2D eigenvalue weighted by Crippen LogP contribution is -1.79. The van der Waals surface area contributed by atoms with Crippen molar-refractivity contribution in [2.75, 3.05) is 0 Å². The van der Waals surface area contributed by atoms with Crippen molar-refractivity contribution in [2.45, 2.75) is 0 Å². The average molecular weight is 305 g/mol. The quantitative estimate of drug-likeness (QED) is 0.734. The Morgan fingerprint density at radius 2 is 1.92 bits per heavy atom. The van der Waals surface area contributed by atoms with Crippen molar-refractivity contribution >= 4 is 45.0 Å². The summed E-state index contributed by atoms with van der Waals surface area (Å²) in [4.78, 5) is 0. The van der Waals surface area contributed by atoms with Crippen LogP contribution in [0.2, 0.25) is 5.02 Å². The highest BCUT2D eigenvalue weighted by atomic mass is 127. The fraction of sp³-hybridized carbons (Fsp3) is 0. The molecule has 1 N–H and O–H groups in total. The molecule has 0 atom stereocenters. The lowest BCUT2D eigenvalue weighted by Gasteiger charge is -2.04. The molecule has 2 rings (SSSR count). The first-order valence-corrected chi connectivity index (χ1v) is 5.21. The third-order valence-electron chi connectivity index (χ3n) is 1.92. The molecule has 0 bridgehead atoms. The van der Waals surface area contributed by atoms with Gasteiger partial charge in [-0.05, 0) is 34.0 Å². The van der Waals surface area contributed by atoms with Crippen LogP contribution in [0.5, 0.6) is 5.75 Å². The van der Waals surface area contributed by atoms with Gasteiger partial charge >= 0.3 is 0 Å². The summed E-state index contributed by atoms with van der Waals surface area (Å²) in [6.45, 7) is 0. The van der Waals surface area contributed by atoms with Crippen LogP contribution in [-0.4, -0.2) is 5.11 Å². The van der Waals surface area contributed by atoms with Crippen LogP contribution >= 0.6 is 34.2 Å². The van der Waals surface area contributed by atoms with Crippen LogP contribution in [0.25, 0.3) is 10.8 Å². The molecular formula is C10H6ClIO. The van der Waals surface area contributed by atoms with Gasteiger partial charge in [-0.25, -0.2) is 0 Å². The Kier molecular flexibility index (Phi) is 2.34.